The molecule has 3 rings (SSSR count). The van der Waals surface area contributed by atoms with Gasteiger partial charge < -0.3 is 9.42 Å². The number of rotatable bonds is 2. The van der Waals surface area contributed by atoms with E-state index >= 15 is 0 Å². The van der Waals surface area contributed by atoms with Crippen molar-refractivity contribution in [1.82, 2.24) is 10.1 Å². The Morgan fingerprint density at radius 3 is 2.73 bits per heavy atom. The monoisotopic (exact) mass is 299 g/mol. The molecule has 0 radical (unpaired) electrons. The number of carbonyl (C=O) groups excluding carboxylic acids is 1. The van der Waals surface area contributed by atoms with E-state index in [1.54, 1.807) is 13.0 Å². The van der Waals surface area contributed by atoms with Crippen LogP contribution in [0.4, 0.5) is 10.6 Å². The topological polar surface area (TPSA) is 58.4 Å². The van der Waals surface area contributed by atoms with Crippen LogP contribution in [0.1, 0.15) is 37.5 Å². The van der Waals surface area contributed by atoms with E-state index in [4.69, 9.17) is 4.52 Å². The molecule has 22 heavy (non-hydrogen) atoms. The van der Waals surface area contributed by atoms with Crippen LogP contribution < -0.4 is 5.32 Å². The zero-order chi connectivity index (χ0) is 15.7. The lowest BCUT2D eigenvalue weighted by Gasteiger charge is -2.36. The summed E-state index contributed by atoms with van der Waals surface area (Å²) >= 11 is 0. The summed E-state index contributed by atoms with van der Waals surface area (Å²) in [5.74, 6) is 1.47. The summed E-state index contributed by atoms with van der Waals surface area (Å²) < 4.78 is 4.99. The van der Waals surface area contributed by atoms with Gasteiger partial charge in [-0.3, -0.25) is 5.32 Å². The highest BCUT2D eigenvalue weighted by Gasteiger charge is 2.44. The molecule has 2 heterocycles. The van der Waals surface area contributed by atoms with Crippen LogP contribution in [0, 0.1) is 6.92 Å². The lowest BCUT2D eigenvalue weighted by molar-refractivity contribution is 0.171. The van der Waals surface area contributed by atoms with Crippen LogP contribution in [0.25, 0.3) is 0 Å². The molecule has 0 saturated carbocycles. The number of urea groups is 1. The van der Waals surface area contributed by atoms with E-state index in [1.807, 2.05) is 23.1 Å². The van der Waals surface area contributed by atoms with Gasteiger partial charge in [-0.05, 0) is 32.8 Å². The molecule has 1 aromatic carbocycles. The van der Waals surface area contributed by atoms with Gasteiger partial charge in [-0.1, -0.05) is 35.5 Å². The van der Waals surface area contributed by atoms with Crippen molar-refractivity contribution in [3.05, 3.63) is 47.7 Å². The van der Waals surface area contributed by atoms with E-state index in [0.29, 0.717) is 17.5 Å². The molecule has 1 atom stereocenters. The first-order valence-electron chi connectivity index (χ1n) is 7.55. The standard InChI is InChI=1S/C17H21N3O2/c1-12-11-15(19-22-12)18-16(21)20-10-9-14(17(20,2)3)13-7-5-4-6-8-13/h4-8,11,14H,9-10H2,1-3H3,(H,18,19,21). The van der Waals surface area contributed by atoms with Gasteiger partial charge in [0.2, 0.25) is 0 Å². The molecular formula is C17H21N3O2. The number of hydrogen-bond acceptors (Lipinski definition) is 3. The number of nitrogens with zero attached hydrogens (tertiary/aromatic N) is 2. The first-order valence-corrected chi connectivity index (χ1v) is 7.55. The average Bonchev–Trinajstić information content (AvgIpc) is 3.02. The van der Waals surface area contributed by atoms with Crippen molar-refractivity contribution in [2.45, 2.75) is 38.6 Å². The van der Waals surface area contributed by atoms with Crippen molar-refractivity contribution in [3.8, 4) is 0 Å². The average molecular weight is 299 g/mol. The number of hydrogen-bond donors (Lipinski definition) is 1. The van der Waals surface area contributed by atoms with E-state index < -0.39 is 0 Å². The van der Waals surface area contributed by atoms with Crippen LogP contribution in [0.15, 0.2) is 40.9 Å². The fourth-order valence-corrected chi connectivity index (χ4v) is 3.31. The lowest BCUT2D eigenvalue weighted by atomic mass is 9.83. The maximum absolute atomic E-state index is 12.5. The van der Waals surface area contributed by atoms with Gasteiger partial charge in [0.1, 0.15) is 5.76 Å². The van der Waals surface area contributed by atoms with Crippen molar-refractivity contribution in [2.24, 2.45) is 0 Å². The number of anilines is 1. The van der Waals surface area contributed by atoms with Crippen molar-refractivity contribution in [3.63, 3.8) is 0 Å². The third-order valence-electron chi connectivity index (χ3n) is 4.50. The molecule has 1 N–H and O–H groups in total. The van der Waals surface area contributed by atoms with Gasteiger partial charge in [0.25, 0.3) is 0 Å². The predicted octanol–water partition coefficient (Wildman–Crippen LogP) is 3.78. The molecule has 0 bridgehead atoms. The molecule has 1 aliphatic rings. The summed E-state index contributed by atoms with van der Waals surface area (Å²) in [5, 5.41) is 6.63. The van der Waals surface area contributed by atoms with E-state index in [2.05, 4.69) is 36.5 Å². The highest BCUT2D eigenvalue weighted by Crippen LogP contribution is 2.41. The summed E-state index contributed by atoms with van der Waals surface area (Å²) in [6.45, 7) is 6.76. The summed E-state index contributed by atoms with van der Waals surface area (Å²) in [7, 11) is 0. The first-order chi connectivity index (χ1) is 10.5. The number of likely N-dealkylation sites (tertiary alicyclic amines) is 1. The van der Waals surface area contributed by atoms with E-state index in [1.165, 1.54) is 5.56 Å². The van der Waals surface area contributed by atoms with E-state index in [-0.39, 0.29) is 11.6 Å². The number of amides is 2. The molecular weight excluding hydrogens is 278 g/mol. The molecule has 1 unspecified atom stereocenters. The maximum Gasteiger partial charge on any atom is 0.323 e. The largest absolute Gasteiger partial charge is 0.360 e. The van der Waals surface area contributed by atoms with Crippen LogP contribution >= 0.6 is 0 Å². The Hall–Kier alpha value is -2.30. The van der Waals surface area contributed by atoms with Gasteiger partial charge in [0, 0.05) is 24.1 Å². The second-order valence-corrected chi connectivity index (χ2v) is 6.31. The third kappa shape index (κ3) is 2.58. The van der Waals surface area contributed by atoms with Gasteiger partial charge in [-0.25, -0.2) is 4.79 Å². The van der Waals surface area contributed by atoms with Crippen LogP contribution in [-0.2, 0) is 0 Å². The van der Waals surface area contributed by atoms with Gasteiger partial charge in [-0.2, -0.15) is 0 Å². The second-order valence-electron chi connectivity index (χ2n) is 6.31. The number of nitrogens with one attached hydrogen (secondary N) is 1. The van der Waals surface area contributed by atoms with Crippen molar-refractivity contribution in [2.75, 3.05) is 11.9 Å². The minimum Gasteiger partial charge on any atom is -0.360 e. The fourth-order valence-electron chi connectivity index (χ4n) is 3.31. The minimum atomic E-state index is -0.246. The molecule has 2 aromatic rings. The molecule has 1 aliphatic heterocycles. The minimum absolute atomic E-state index is 0.128. The number of carbonyl (C=O) groups is 1. The van der Waals surface area contributed by atoms with Crippen LogP contribution in [0.5, 0.6) is 0 Å². The Morgan fingerprint density at radius 1 is 1.36 bits per heavy atom. The second kappa shape index (κ2) is 5.48. The Kier molecular flexibility index (Phi) is 3.64. The maximum atomic E-state index is 12.5. The van der Waals surface area contributed by atoms with Crippen LogP contribution in [0.3, 0.4) is 0 Å². The Morgan fingerprint density at radius 2 is 2.09 bits per heavy atom. The zero-order valence-electron chi connectivity index (χ0n) is 13.2. The Balaban J connectivity index is 1.76. The van der Waals surface area contributed by atoms with Gasteiger partial charge in [-0.15, -0.1) is 0 Å². The van der Waals surface area contributed by atoms with Crippen molar-refractivity contribution in [1.29, 1.82) is 0 Å². The zero-order valence-corrected chi connectivity index (χ0v) is 13.2. The molecule has 1 fully saturated rings. The van der Waals surface area contributed by atoms with Crippen molar-refractivity contribution >= 4 is 11.8 Å². The SMILES string of the molecule is Cc1cc(NC(=O)N2CCC(c3ccccc3)C2(C)C)no1. The Bertz CT molecular complexity index is 664. The quantitative estimate of drug-likeness (QED) is 0.918. The van der Waals surface area contributed by atoms with Crippen molar-refractivity contribution < 1.29 is 9.32 Å². The first kappa shape index (κ1) is 14.6. The molecule has 0 aliphatic carbocycles. The van der Waals surface area contributed by atoms with E-state index in [9.17, 15) is 4.79 Å². The summed E-state index contributed by atoms with van der Waals surface area (Å²) in [6, 6.07) is 12.0. The Labute approximate surface area is 130 Å². The normalized spacial score (nSPS) is 20.1. The predicted molar refractivity (Wildman–Crippen MR) is 84.8 cm³/mol. The number of aromatic nitrogens is 1. The summed E-state index contributed by atoms with van der Waals surface area (Å²) in [6.07, 6.45) is 0.961. The van der Waals surface area contributed by atoms with Crippen LogP contribution in [0.2, 0.25) is 0 Å². The third-order valence-corrected chi connectivity index (χ3v) is 4.50. The van der Waals surface area contributed by atoms with Gasteiger partial charge in [0.15, 0.2) is 5.82 Å². The molecule has 1 aromatic heterocycles. The highest BCUT2D eigenvalue weighted by molar-refractivity contribution is 5.89. The summed E-state index contributed by atoms with van der Waals surface area (Å²) in [4.78, 5) is 14.4. The number of aryl methyl sites for hydroxylation is 1. The van der Waals surface area contributed by atoms with E-state index in [0.717, 1.165) is 13.0 Å². The molecule has 5 nitrogen and oxygen atoms in total. The highest BCUT2D eigenvalue weighted by atomic mass is 16.5. The van der Waals surface area contributed by atoms with Crippen LogP contribution in [-0.4, -0.2) is 28.2 Å². The molecule has 1 saturated heterocycles. The molecule has 0 spiro atoms. The van der Waals surface area contributed by atoms with Gasteiger partial charge in [0.05, 0.1) is 0 Å². The molecule has 116 valence electrons. The lowest BCUT2D eigenvalue weighted by Crippen LogP contribution is -2.47. The summed E-state index contributed by atoms with van der Waals surface area (Å²) in [5.41, 5.74) is 1.03. The number of benzene rings is 1. The molecule has 5 heteroatoms. The van der Waals surface area contributed by atoms with Gasteiger partial charge >= 0.3 is 6.03 Å². The smallest absolute Gasteiger partial charge is 0.323 e. The molecule has 2 amide bonds. The fraction of sp³-hybridized carbons (Fsp3) is 0.412.